The fourth-order valence-electron chi connectivity index (χ4n) is 3.53. The van der Waals surface area contributed by atoms with E-state index in [-0.39, 0.29) is 0 Å². The zero-order valence-electron chi connectivity index (χ0n) is 16.6. The number of rotatable bonds is 11. The quantitative estimate of drug-likeness (QED) is 0.374. The zero-order chi connectivity index (χ0) is 18.8. The van der Waals surface area contributed by atoms with Crippen LogP contribution in [0, 0.1) is 11.2 Å². The summed E-state index contributed by atoms with van der Waals surface area (Å²) in [6, 6.07) is 4.43. The summed E-state index contributed by atoms with van der Waals surface area (Å²) < 4.78 is 0. The molecular formula is C21H33BN4. The summed E-state index contributed by atoms with van der Waals surface area (Å²) in [5, 5.41) is 12.4. The first-order valence-electron chi connectivity index (χ1n) is 10.1. The maximum Gasteiger partial charge on any atom is 0.257 e. The molecule has 2 heterocycles. The van der Waals surface area contributed by atoms with E-state index in [1.807, 2.05) is 0 Å². The number of fused-ring (bicyclic) bond motifs is 1. The summed E-state index contributed by atoms with van der Waals surface area (Å²) in [5.41, 5.74) is 3.78. The van der Waals surface area contributed by atoms with Crippen molar-refractivity contribution in [1.82, 2.24) is 9.88 Å². The van der Waals surface area contributed by atoms with E-state index in [2.05, 4.69) is 48.9 Å². The van der Waals surface area contributed by atoms with Crippen molar-refractivity contribution in [2.75, 3.05) is 32.0 Å². The van der Waals surface area contributed by atoms with Crippen LogP contribution in [0.15, 0.2) is 24.3 Å². The maximum atomic E-state index is 8.99. The van der Waals surface area contributed by atoms with Crippen LogP contribution in [-0.4, -0.2) is 43.8 Å². The van der Waals surface area contributed by atoms with Crippen molar-refractivity contribution in [3.8, 4) is 5.97 Å². The van der Waals surface area contributed by atoms with Crippen molar-refractivity contribution in [1.29, 1.82) is 5.26 Å². The number of nitriles is 1. The highest BCUT2D eigenvalue weighted by Crippen LogP contribution is 2.22. The van der Waals surface area contributed by atoms with Crippen molar-refractivity contribution < 1.29 is 0 Å². The van der Waals surface area contributed by atoms with Crippen LogP contribution in [-0.2, 0) is 12.8 Å². The first-order valence-corrected chi connectivity index (χ1v) is 10.1. The van der Waals surface area contributed by atoms with E-state index in [1.165, 1.54) is 36.1 Å². The number of hydrogen-bond donors (Lipinski definition) is 1. The van der Waals surface area contributed by atoms with Gasteiger partial charge >= 0.3 is 0 Å². The van der Waals surface area contributed by atoms with Gasteiger partial charge in [0.05, 0.1) is 0 Å². The summed E-state index contributed by atoms with van der Waals surface area (Å²) in [5.74, 6) is 3.76. The predicted molar refractivity (Wildman–Crippen MR) is 112 cm³/mol. The van der Waals surface area contributed by atoms with Gasteiger partial charge in [-0.05, 0) is 88.5 Å². The Bertz CT molecular complexity index is 623. The van der Waals surface area contributed by atoms with E-state index in [9.17, 15) is 0 Å². The third-order valence-corrected chi connectivity index (χ3v) is 5.40. The lowest BCUT2D eigenvalue weighted by molar-refractivity contribution is 0.321. The molecule has 0 saturated carbocycles. The van der Waals surface area contributed by atoms with Gasteiger partial charge in [-0.1, -0.05) is 18.6 Å². The molecule has 0 amide bonds. The monoisotopic (exact) mass is 352 g/mol. The molecule has 0 fully saturated rings. The first kappa shape index (κ1) is 20.5. The Kier molecular flexibility index (Phi) is 8.70. The Morgan fingerprint density at radius 3 is 3.04 bits per heavy atom. The molecule has 0 saturated heterocycles. The van der Waals surface area contributed by atoms with Crippen LogP contribution in [0.1, 0.15) is 50.3 Å². The van der Waals surface area contributed by atoms with Crippen molar-refractivity contribution in [3.63, 3.8) is 0 Å². The molecule has 1 atom stereocenters. The van der Waals surface area contributed by atoms with Gasteiger partial charge in [-0.25, -0.2) is 10.2 Å². The molecular weight excluding hydrogens is 319 g/mol. The smallest absolute Gasteiger partial charge is 0.257 e. The predicted octanol–water partition coefficient (Wildman–Crippen LogP) is 3.76. The molecule has 1 aliphatic heterocycles. The first-order chi connectivity index (χ1) is 12.6. The Balaban J connectivity index is 1.66. The Hall–Kier alpha value is -1.80. The van der Waals surface area contributed by atoms with Crippen LogP contribution in [0.3, 0.4) is 0 Å². The number of nitrogens with zero attached hydrogens (tertiary/aromatic N) is 3. The van der Waals surface area contributed by atoms with E-state index < -0.39 is 0 Å². The van der Waals surface area contributed by atoms with Gasteiger partial charge in [0.25, 0.3) is 7.28 Å². The van der Waals surface area contributed by atoms with Crippen LogP contribution < -0.4 is 5.32 Å². The number of hydrogen-bond acceptors (Lipinski definition) is 4. The van der Waals surface area contributed by atoms with Gasteiger partial charge in [-0.2, -0.15) is 0 Å². The van der Waals surface area contributed by atoms with Gasteiger partial charge in [0, 0.05) is 12.2 Å². The molecule has 0 aliphatic carbocycles. The number of nitrogens with one attached hydrogen (secondary N) is 1. The lowest BCUT2D eigenvalue weighted by Gasteiger charge is -2.21. The number of allylic oxidation sites excluding steroid dienone is 1. The summed E-state index contributed by atoms with van der Waals surface area (Å²) in [6.07, 6.45) is 7.76. The lowest BCUT2D eigenvalue weighted by atomic mass is 9.61. The minimum Gasteiger partial charge on any atom is -0.370 e. The molecule has 4 nitrogen and oxygen atoms in total. The molecule has 26 heavy (non-hydrogen) atoms. The summed E-state index contributed by atoms with van der Waals surface area (Å²) in [4.78, 5) is 7.16. The van der Waals surface area contributed by atoms with Crippen LogP contribution in [0.2, 0.25) is 5.82 Å². The molecule has 140 valence electrons. The number of unbranched alkanes of at least 4 members (excludes halogenated alkanes) is 1. The summed E-state index contributed by atoms with van der Waals surface area (Å²) in [6.45, 7) is 9.43. The SMILES string of the molecule is C=C(CC)C(BC#N)CCN(C)CCCCc1ccc2c(n1)NCCC2. The van der Waals surface area contributed by atoms with Crippen molar-refractivity contribution >= 4 is 13.1 Å². The topological polar surface area (TPSA) is 52.0 Å². The molecule has 1 aromatic rings. The average Bonchev–Trinajstić information content (AvgIpc) is 2.67. The Morgan fingerprint density at radius 2 is 2.27 bits per heavy atom. The van der Waals surface area contributed by atoms with Gasteiger partial charge in [0.1, 0.15) is 5.82 Å². The fraction of sp³-hybridized carbons (Fsp3) is 0.619. The number of aromatic nitrogens is 1. The fourth-order valence-corrected chi connectivity index (χ4v) is 3.53. The summed E-state index contributed by atoms with van der Waals surface area (Å²) in [7, 11) is 2.78. The van der Waals surface area contributed by atoms with Crippen molar-refractivity contribution in [3.05, 3.63) is 35.5 Å². The zero-order valence-corrected chi connectivity index (χ0v) is 16.6. The van der Waals surface area contributed by atoms with E-state index >= 15 is 0 Å². The highest BCUT2D eigenvalue weighted by molar-refractivity contribution is 6.47. The lowest BCUT2D eigenvalue weighted by Crippen LogP contribution is -2.23. The van der Waals surface area contributed by atoms with E-state index in [0.29, 0.717) is 13.1 Å². The normalized spacial score (nSPS) is 14.2. The molecule has 0 spiro atoms. The van der Waals surface area contributed by atoms with Crippen molar-refractivity contribution in [2.24, 2.45) is 0 Å². The second kappa shape index (κ2) is 11.0. The largest absolute Gasteiger partial charge is 0.370 e. The summed E-state index contributed by atoms with van der Waals surface area (Å²) >= 11 is 0. The standard InChI is InChI=1S/C21H33BN4/c1-4-17(2)20(22-16-23)12-15-26(3)14-6-5-9-19-11-10-18-8-7-13-24-21(18)25-19/h10-11,20,22H,2,4-9,12-15H2,1,3H3,(H,24,25). The second-order valence-corrected chi connectivity index (χ2v) is 7.46. The van der Waals surface area contributed by atoms with Crippen LogP contribution in [0.4, 0.5) is 5.82 Å². The number of pyridine rings is 1. The van der Waals surface area contributed by atoms with E-state index in [0.717, 1.165) is 51.1 Å². The molecule has 1 unspecified atom stereocenters. The van der Waals surface area contributed by atoms with E-state index in [1.54, 1.807) is 0 Å². The molecule has 1 aromatic heterocycles. The number of anilines is 1. The maximum absolute atomic E-state index is 8.99. The highest BCUT2D eigenvalue weighted by Gasteiger charge is 2.14. The third kappa shape index (κ3) is 6.50. The molecule has 1 aliphatic rings. The number of aryl methyl sites for hydroxylation is 2. The van der Waals surface area contributed by atoms with Gasteiger partial charge in [0.15, 0.2) is 0 Å². The minimum absolute atomic E-state index is 0.347. The van der Waals surface area contributed by atoms with Gasteiger partial charge in [-0.3, -0.25) is 0 Å². The molecule has 0 radical (unpaired) electrons. The molecule has 0 aromatic carbocycles. The molecule has 0 bridgehead atoms. The molecule has 1 N–H and O–H groups in total. The van der Waals surface area contributed by atoms with Crippen LogP contribution in [0.25, 0.3) is 0 Å². The molecule has 2 rings (SSSR count). The van der Waals surface area contributed by atoms with Gasteiger partial charge in [0.2, 0.25) is 0 Å². The van der Waals surface area contributed by atoms with Crippen LogP contribution >= 0.6 is 0 Å². The average molecular weight is 352 g/mol. The van der Waals surface area contributed by atoms with Gasteiger partial charge in [-0.15, -0.1) is 6.58 Å². The molecule has 5 heteroatoms. The second-order valence-electron chi connectivity index (χ2n) is 7.46. The van der Waals surface area contributed by atoms with Crippen molar-refractivity contribution in [2.45, 2.75) is 57.7 Å². The Morgan fingerprint density at radius 1 is 1.42 bits per heavy atom. The minimum atomic E-state index is 0.347. The highest BCUT2D eigenvalue weighted by atomic mass is 15.1. The van der Waals surface area contributed by atoms with Crippen LogP contribution in [0.5, 0.6) is 0 Å². The van der Waals surface area contributed by atoms with E-state index in [4.69, 9.17) is 10.2 Å². The Labute approximate surface area is 159 Å². The third-order valence-electron chi connectivity index (χ3n) is 5.40. The van der Waals surface area contributed by atoms with Gasteiger partial charge < -0.3 is 10.2 Å².